The Kier molecular flexibility index (Phi) is 24.6. The monoisotopic (exact) mass is 579 g/mol. The number of Topliss-reactive ketones (excluding diaryl/α,β-unsaturated/α-hetero) is 1. The number of rotatable bonds is 20. The summed E-state index contributed by atoms with van der Waals surface area (Å²) in [6.07, 6.45) is -1.10. The lowest BCUT2D eigenvalue weighted by atomic mass is 10.0. The molecule has 14 nitrogen and oxygen atoms in total. The van der Waals surface area contributed by atoms with Crippen LogP contribution in [-0.4, -0.2) is 95.7 Å². The molecule has 234 valence electrons. The maximum atomic E-state index is 12.8. The molecule has 0 aliphatic carbocycles. The van der Waals surface area contributed by atoms with E-state index in [9.17, 15) is 19.2 Å². The average Bonchev–Trinajstić information content (AvgIpc) is 2.87. The van der Waals surface area contributed by atoms with Gasteiger partial charge in [-0.1, -0.05) is 0 Å². The van der Waals surface area contributed by atoms with E-state index in [1.54, 1.807) is 27.9 Å². The summed E-state index contributed by atoms with van der Waals surface area (Å²) in [6, 6.07) is -0.824. The van der Waals surface area contributed by atoms with Gasteiger partial charge in [-0.15, -0.1) is 13.2 Å². The van der Waals surface area contributed by atoms with Gasteiger partial charge in [0.05, 0.1) is 33.0 Å². The van der Waals surface area contributed by atoms with E-state index in [0.29, 0.717) is 45.4 Å². The number of hydrogen-bond acceptors (Lipinski definition) is 11. The Bertz CT molecular complexity index is 702. The van der Waals surface area contributed by atoms with Gasteiger partial charge in [-0.3, -0.25) is 4.79 Å². The average molecular weight is 580 g/mol. The first-order valence-corrected chi connectivity index (χ1v) is 13.1. The molecule has 0 aromatic rings. The smallest absolute Gasteiger partial charge is 0.410 e. The van der Waals surface area contributed by atoms with Gasteiger partial charge in [0, 0.05) is 33.5 Å². The number of carbonyl (C=O) groups excluding carboxylic acids is 4. The summed E-state index contributed by atoms with van der Waals surface area (Å²) in [5.41, 5.74) is -0.622. The highest BCUT2D eigenvalue weighted by Gasteiger charge is 2.22. The molecule has 0 radical (unpaired) electrons. The van der Waals surface area contributed by atoms with Crippen molar-refractivity contribution in [2.75, 3.05) is 53.7 Å². The molecule has 0 fully saturated rings. The number of carbonyl (C=O) groups is 4. The molecule has 3 amide bonds. The van der Waals surface area contributed by atoms with Gasteiger partial charge < -0.3 is 39.6 Å². The van der Waals surface area contributed by atoms with Gasteiger partial charge in [-0.2, -0.15) is 4.89 Å². The van der Waals surface area contributed by atoms with Crippen LogP contribution in [0.3, 0.4) is 0 Å². The third-order valence-corrected chi connectivity index (χ3v) is 4.54. The van der Waals surface area contributed by atoms with Crippen LogP contribution in [0.1, 0.15) is 59.8 Å². The predicted molar refractivity (Wildman–Crippen MR) is 147 cm³/mol. The van der Waals surface area contributed by atoms with E-state index >= 15 is 0 Å². The molecule has 0 heterocycles. The largest absolute Gasteiger partial charge is 0.447 e. The Hall–Kier alpha value is -2.94. The van der Waals surface area contributed by atoms with Crippen LogP contribution in [0.5, 0.6) is 0 Å². The lowest BCUT2D eigenvalue weighted by Gasteiger charge is -2.20. The zero-order chi connectivity index (χ0) is 30.8. The van der Waals surface area contributed by atoms with Crippen molar-refractivity contribution in [2.45, 2.75) is 77.7 Å². The zero-order valence-electron chi connectivity index (χ0n) is 24.8. The number of methoxy groups -OCH3 is 1. The topological polar surface area (TPSA) is 169 Å². The molecule has 0 bridgehead atoms. The van der Waals surface area contributed by atoms with Crippen LogP contribution < -0.4 is 16.0 Å². The molecule has 0 saturated heterocycles. The second kappa shape index (κ2) is 25.1. The molecule has 0 aromatic heterocycles. The van der Waals surface area contributed by atoms with Crippen molar-refractivity contribution in [3.05, 3.63) is 13.2 Å². The van der Waals surface area contributed by atoms with Crippen molar-refractivity contribution < 1.29 is 52.6 Å². The minimum atomic E-state index is -0.977. The van der Waals surface area contributed by atoms with E-state index in [-0.39, 0.29) is 32.0 Å². The normalized spacial score (nSPS) is 12.2. The lowest BCUT2D eigenvalue weighted by Crippen LogP contribution is -2.42. The highest BCUT2D eigenvalue weighted by Crippen LogP contribution is 2.08. The number of unbranched alkanes of at least 4 members (excludes halogenated alkanes) is 1. The molecular formula is C26H49N3O11. The summed E-state index contributed by atoms with van der Waals surface area (Å²) in [5, 5.41) is 7.75. The molecule has 0 aliphatic heterocycles. The lowest BCUT2D eigenvalue weighted by molar-refractivity contribution is -0.346. The van der Waals surface area contributed by atoms with Crippen LogP contribution in [0.2, 0.25) is 0 Å². The molecule has 0 aliphatic rings. The molecule has 14 heteroatoms. The Morgan fingerprint density at radius 2 is 1.45 bits per heavy atom. The summed E-state index contributed by atoms with van der Waals surface area (Å²) in [4.78, 5) is 57.5. The maximum Gasteiger partial charge on any atom is 0.410 e. The van der Waals surface area contributed by atoms with Crippen molar-refractivity contribution in [2.24, 2.45) is 0 Å². The molecule has 3 N–H and O–H groups in total. The first-order chi connectivity index (χ1) is 19.0. The van der Waals surface area contributed by atoms with E-state index < -0.39 is 36.2 Å². The molecule has 0 spiro atoms. The highest BCUT2D eigenvalue weighted by atomic mass is 17.2. The SMILES string of the molecule is C=C.COCCOCCOC(=O)NCCCCC(NC(=O)OC(C)OOC)C(=O)CCCNC(=O)OC(C)(C)C. The number of nitrogens with one attached hydrogen (secondary N) is 3. The van der Waals surface area contributed by atoms with Gasteiger partial charge >= 0.3 is 18.3 Å². The first-order valence-electron chi connectivity index (χ1n) is 13.1. The molecule has 0 saturated carbocycles. The van der Waals surface area contributed by atoms with Crippen molar-refractivity contribution in [3.63, 3.8) is 0 Å². The fourth-order valence-corrected chi connectivity index (χ4v) is 2.89. The van der Waals surface area contributed by atoms with Crippen LogP contribution >= 0.6 is 0 Å². The van der Waals surface area contributed by atoms with Gasteiger partial charge in [0.25, 0.3) is 0 Å². The number of ketones is 1. The van der Waals surface area contributed by atoms with Crippen LogP contribution in [0.15, 0.2) is 13.2 Å². The van der Waals surface area contributed by atoms with Crippen LogP contribution in [0, 0.1) is 0 Å². The minimum Gasteiger partial charge on any atom is -0.447 e. The van der Waals surface area contributed by atoms with Gasteiger partial charge in [-0.05, 0) is 46.5 Å². The Balaban J connectivity index is 0. The van der Waals surface area contributed by atoms with E-state index in [2.05, 4.69) is 34.0 Å². The van der Waals surface area contributed by atoms with E-state index in [0.717, 1.165) is 0 Å². The van der Waals surface area contributed by atoms with Crippen molar-refractivity contribution in [1.82, 2.24) is 16.0 Å². The summed E-state index contributed by atoms with van der Waals surface area (Å²) < 4.78 is 25.2. The minimum absolute atomic E-state index is 0.113. The fourth-order valence-electron chi connectivity index (χ4n) is 2.89. The number of alkyl carbamates (subject to hydrolysis) is 3. The van der Waals surface area contributed by atoms with E-state index in [4.69, 9.17) is 28.6 Å². The fraction of sp³-hybridized carbons (Fsp3) is 0.769. The molecule has 2 unspecified atom stereocenters. The van der Waals surface area contributed by atoms with Crippen molar-refractivity contribution in [3.8, 4) is 0 Å². The summed E-state index contributed by atoms with van der Waals surface area (Å²) in [5.74, 6) is -0.228. The van der Waals surface area contributed by atoms with Gasteiger partial charge in [0.15, 0.2) is 5.78 Å². The Morgan fingerprint density at radius 1 is 0.825 bits per heavy atom. The molecular weight excluding hydrogens is 530 g/mol. The standard InChI is InChI=1S/C24H45N3O11.C2H4/c1-18(38-33-6)36-23(31)27-19(20(28)11-9-13-26-22(30)37-24(2,3)4)10-7-8-12-25-21(29)35-17-16-34-15-14-32-5;1-2/h18-19H,7-17H2,1-6H3,(H,25,29)(H,26,30)(H,27,31);1-2H2. The predicted octanol–water partition coefficient (Wildman–Crippen LogP) is 3.24. The van der Waals surface area contributed by atoms with Gasteiger partial charge in [0.1, 0.15) is 12.2 Å². The highest BCUT2D eigenvalue weighted by molar-refractivity contribution is 5.87. The van der Waals surface area contributed by atoms with Crippen LogP contribution in [0.4, 0.5) is 14.4 Å². The third-order valence-electron chi connectivity index (χ3n) is 4.54. The van der Waals surface area contributed by atoms with Gasteiger partial charge in [0.2, 0.25) is 6.29 Å². The zero-order valence-corrected chi connectivity index (χ0v) is 24.8. The molecule has 0 aromatic carbocycles. The molecule has 2 atom stereocenters. The summed E-state index contributed by atoms with van der Waals surface area (Å²) in [6.45, 7) is 14.5. The van der Waals surface area contributed by atoms with Gasteiger partial charge in [-0.25, -0.2) is 19.3 Å². The molecule has 0 rings (SSSR count). The van der Waals surface area contributed by atoms with Crippen molar-refractivity contribution >= 4 is 24.1 Å². The Morgan fingerprint density at radius 3 is 2.08 bits per heavy atom. The number of hydrogen-bond donors (Lipinski definition) is 3. The summed E-state index contributed by atoms with van der Waals surface area (Å²) >= 11 is 0. The van der Waals surface area contributed by atoms with E-state index in [1.807, 2.05) is 0 Å². The number of ether oxygens (including phenoxy) is 5. The van der Waals surface area contributed by atoms with E-state index in [1.165, 1.54) is 14.0 Å². The third kappa shape index (κ3) is 25.3. The van der Waals surface area contributed by atoms with Crippen LogP contribution in [0.25, 0.3) is 0 Å². The quantitative estimate of drug-likeness (QED) is 0.0483. The van der Waals surface area contributed by atoms with Crippen LogP contribution in [-0.2, 0) is 38.3 Å². The second-order valence-corrected chi connectivity index (χ2v) is 9.09. The van der Waals surface area contributed by atoms with Crippen molar-refractivity contribution in [1.29, 1.82) is 0 Å². The Labute approximate surface area is 237 Å². The molecule has 40 heavy (non-hydrogen) atoms. The first kappa shape index (κ1) is 39.2. The maximum absolute atomic E-state index is 12.8. The summed E-state index contributed by atoms with van der Waals surface area (Å²) in [7, 11) is 2.84. The second-order valence-electron chi connectivity index (χ2n) is 9.09. The number of amides is 3.